The zero-order chi connectivity index (χ0) is 62.3. The van der Waals surface area contributed by atoms with Gasteiger partial charge in [0.1, 0.15) is 24.4 Å². The van der Waals surface area contributed by atoms with Gasteiger partial charge in [0.2, 0.25) is 5.91 Å². The smallest absolute Gasteiger partial charge is 0.305 e. The molecule has 0 aromatic carbocycles. The van der Waals surface area contributed by atoms with Crippen LogP contribution in [0.1, 0.15) is 367 Å². The summed E-state index contributed by atoms with van der Waals surface area (Å²) in [7, 11) is 0. The molecule has 0 aromatic rings. The van der Waals surface area contributed by atoms with E-state index in [1.807, 2.05) is 6.08 Å². The second kappa shape index (κ2) is 64.4. The van der Waals surface area contributed by atoms with E-state index in [1.165, 1.54) is 283 Å². The van der Waals surface area contributed by atoms with Crippen LogP contribution in [0.2, 0.25) is 0 Å². The maximum absolute atomic E-state index is 13.0. The van der Waals surface area contributed by atoms with Crippen molar-refractivity contribution in [3.05, 3.63) is 36.5 Å². The van der Waals surface area contributed by atoms with Gasteiger partial charge in [-0.1, -0.05) is 307 Å². The van der Waals surface area contributed by atoms with Gasteiger partial charge in [-0.15, -0.1) is 0 Å². The van der Waals surface area contributed by atoms with Crippen LogP contribution >= 0.6 is 0 Å². The third-order valence-corrected chi connectivity index (χ3v) is 17.7. The molecule has 11 heteroatoms. The highest BCUT2D eigenvalue weighted by molar-refractivity contribution is 5.76. The molecule has 1 saturated heterocycles. The molecule has 7 unspecified atom stereocenters. The van der Waals surface area contributed by atoms with Gasteiger partial charge in [-0.25, -0.2) is 0 Å². The number of hydrogen-bond acceptors (Lipinski definition) is 10. The van der Waals surface area contributed by atoms with Crippen molar-refractivity contribution in [2.75, 3.05) is 19.8 Å². The molecule has 7 atom stereocenters. The van der Waals surface area contributed by atoms with Crippen molar-refractivity contribution in [2.24, 2.45) is 0 Å². The van der Waals surface area contributed by atoms with Gasteiger partial charge >= 0.3 is 5.97 Å². The second-order valence-electron chi connectivity index (χ2n) is 26.0. The number of aliphatic hydroxyl groups is 5. The number of allylic oxidation sites excluding steroid dienone is 5. The van der Waals surface area contributed by atoms with Crippen molar-refractivity contribution < 1.29 is 49.3 Å². The predicted molar refractivity (Wildman–Crippen MR) is 361 cm³/mol. The van der Waals surface area contributed by atoms with E-state index in [2.05, 4.69) is 43.5 Å². The lowest BCUT2D eigenvalue weighted by atomic mass is 9.99. The minimum Gasteiger partial charge on any atom is -0.466 e. The van der Waals surface area contributed by atoms with Gasteiger partial charge in [0.05, 0.1) is 32.0 Å². The Kier molecular flexibility index (Phi) is 61.3. The topological polar surface area (TPSA) is 175 Å². The zero-order valence-electron chi connectivity index (χ0n) is 56.3. The normalized spacial score (nSPS) is 18.1. The molecule has 1 aliphatic rings. The molecule has 11 nitrogen and oxygen atoms in total. The second-order valence-corrected chi connectivity index (χ2v) is 26.0. The molecule has 1 fully saturated rings. The van der Waals surface area contributed by atoms with E-state index >= 15 is 0 Å². The average Bonchev–Trinajstić information content (AvgIpc) is 3.61. The monoisotopic (exact) mass is 1220 g/mol. The minimum atomic E-state index is -1.57. The zero-order valence-corrected chi connectivity index (χ0v) is 56.3. The number of nitrogens with one attached hydrogen (secondary N) is 1. The fourth-order valence-corrected chi connectivity index (χ4v) is 11.8. The SMILES string of the molecule is CCCCCCCCC/C=C\CCCCCCCC(=O)OCCCCCCCCCCCCCC/C=C\CCCCCCCCCCCCCCCCCCCC(=O)NC(COC1OC(CO)C(O)C(O)C1O)C(O)/C=C/CCCCCCCCC. The first-order valence-electron chi connectivity index (χ1n) is 37.3. The summed E-state index contributed by atoms with van der Waals surface area (Å²) in [6.45, 7) is 4.35. The van der Waals surface area contributed by atoms with Crippen LogP contribution in [0, 0.1) is 0 Å². The molecule has 0 bridgehead atoms. The highest BCUT2D eigenvalue weighted by Gasteiger charge is 2.44. The molecule has 1 heterocycles. The van der Waals surface area contributed by atoms with Crippen LogP contribution in [0.4, 0.5) is 0 Å². The molecular formula is C75H141NO10. The maximum atomic E-state index is 13.0. The molecule has 506 valence electrons. The molecular weight excluding hydrogens is 1070 g/mol. The van der Waals surface area contributed by atoms with Crippen LogP contribution < -0.4 is 5.32 Å². The van der Waals surface area contributed by atoms with E-state index in [4.69, 9.17) is 14.2 Å². The molecule has 0 aliphatic carbocycles. The Morgan fingerprint density at radius 3 is 1.12 bits per heavy atom. The summed E-state index contributed by atoms with van der Waals surface area (Å²) in [6, 6.07) is -0.806. The highest BCUT2D eigenvalue weighted by Crippen LogP contribution is 2.23. The number of carbonyl (C=O) groups is 2. The number of ether oxygens (including phenoxy) is 3. The fraction of sp³-hybridized carbons (Fsp3) is 0.893. The molecule has 0 saturated carbocycles. The fourth-order valence-electron chi connectivity index (χ4n) is 11.8. The molecule has 0 spiro atoms. The van der Waals surface area contributed by atoms with Gasteiger partial charge in [0.25, 0.3) is 0 Å². The summed E-state index contributed by atoms with van der Waals surface area (Å²) in [4.78, 5) is 25.1. The first kappa shape index (κ1) is 81.9. The van der Waals surface area contributed by atoms with Gasteiger partial charge in [-0.05, 0) is 83.5 Å². The van der Waals surface area contributed by atoms with Gasteiger partial charge in [-0.2, -0.15) is 0 Å². The van der Waals surface area contributed by atoms with Crippen molar-refractivity contribution >= 4 is 11.9 Å². The lowest BCUT2D eigenvalue weighted by molar-refractivity contribution is -0.302. The summed E-state index contributed by atoms with van der Waals surface area (Å²) < 4.78 is 16.7. The summed E-state index contributed by atoms with van der Waals surface area (Å²) in [5.41, 5.74) is 0. The largest absolute Gasteiger partial charge is 0.466 e. The number of unbranched alkanes of at least 4 members (excludes halogenated alkanes) is 48. The number of rotatable bonds is 66. The van der Waals surface area contributed by atoms with Crippen LogP contribution in [0.3, 0.4) is 0 Å². The highest BCUT2D eigenvalue weighted by atomic mass is 16.7. The Morgan fingerprint density at radius 1 is 0.419 bits per heavy atom. The number of aliphatic hydroxyl groups excluding tert-OH is 5. The van der Waals surface area contributed by atoms with Crippen LogP contribution in [0.15, 0.2) is 36.5 Å². The number of amides is 1. The quantitative estimate of drug-likeness (QED) is 0.0195. The van der Waals surface area contributed by atoms with Crippen molar-refractivity contribution in [1.29, 1.82) is 0 Å². The molecule has 86 heavy (non-hydrogen) atoms. The predicted octanol–water partition coefficient (Wildman–Crippen LogP) is 19.4. The summed E-state index contributed by atoms with van der Waals surface area (Å²) in [5.74, 6) is -0.175. The van der Waals surface area contributed by atoms with E-state index in [0.29, 0.717) is 19.4 Å². The molecule has 0 aromatic heterocycles. The standard InChI is InChI=1S/C75H141NO10/c1-3-5-7-9-11-13-14-15-16-37-40-43-47-51-55-59-63-71(80)84-64-60-56-52-48-44-41-38-35-33-31-29-27-25-23-21-19-17-18-20-22-24-26-28-30-32-34-36-39-42-46-50-54-58-62-70(79)76-67(68(78)61-57-53-49-45-12-10-8-6-4-2)66-85-75-74(83)73(82)72(81)69(65-77)86-75/h16,21,23,37,57,61,67-69,72-75,77-78,81-83H,3-15,17-20,22,24-36,38-56,58-60,62-66H2,1-2H3,(H,76,79)/b23-21-,37-16-,61-57+. The Bertz CT molecular complexity index is 1520. The van der Waals surface area contributed by atoms with E-state index < -0.39 is 49.5 Å². The first-order valence-corrected chi connectivity index (χ1v) is 37.3. The van der Waals surface area contributed by atoms with Crippen LogP contribution in [0.5, 0.6) is 0 Å². The Labute approximate surface area is 530 Å². The van der Waals surface area contributed by atoms with Crippen LogP contribution in [-0.4, -0.2) is 100 Å². The molecule has 1 amide bonds. The Balaban J connectivity index is 1.88. The van der Waals surface area contributed by atoms with Crippen molar-refractivity contribution in [3.8, 4) is 0 Å². The lowest BCUT2D eigenvalue weighted by Crippen LogP contribution is -2.60. The van der Waals surface area contributed by atoms with Crippen LogP contribution in [-0.2, 0) is 23.8 Å². The van der Waals surface area contributed by atoms with Gasteiger partial charge < -0.3 is 45.1 Å². The molecule has 6 N–H and O–H groups in total. The van der Waals surface area contributed by atoms with E-state index in [-0.39, 0.29) is 18.5 Å². The van der Waals surface area contributed by atoms with Crippen LogP contribution in [0.25, 0.3) is 0 Å². The molecule has 1 rings (SSSR count). The Hall–Kier alpha value is -2.12. The minimum absolute atomic E-state index is 0.00441. The molecule has 0 radical (unpaired) electrons. The average molecular weight is 1220 g/mol. The first-order chi connectivity index (χ1) is 42.2. The van der Waals surface area contributed by atoms with Crippen molar-refractivity contribution in [2.45, 2.75) is 410 Å². The van der Waals surface area contributed by atoms with Crippen molar-refractivity contribution in [3.63, 3.8) is 0 Å². The van der Waals surface area contributed by atoms with Gasteiger partial charge in [-0.3, -0.25) is 9.59 Å². The summed E-state index contributed by atoms with van der Waals surface area (Å²) in [5, 5.41) is 54.3. The van der Waals surface area contributed by atoms with Crippen molar-refractivity contribution in [1.82, 2.24) is 5.32 Å². The van der Waals surface area contributed by atoms with E-state index in [0.717, 1.165) is 57.8 Å². The summed E-state index contributed by atoms with van der Waals surface area (Å²) in [6.07, 6.45) is 73.1. The number of hydrogen-bond donors (Lipinski definition) is 6. The van der Waals surface area contributed by atoms with E-state index in [1.54, 1.807) is 6.08 Å². The summed E-state index contributed by atoms with van der Waals surface area (Å²) >= 11 is 0. The van der Waals surface area contributed by atoms with Gasteiger partial charge in [0, 0.05) is 12.8 Å². The number of esters is 1. The third-order valence-electron chi connectivity index (χ3n) is 17.7. The van der Waals surface area contributed by atoms with Gasteiger partial charge in [0.15, 0.2) is 6.29 Å². The maximum Gasteiger partial charge on any atom is 0.305 e. The lowest BCUT2D eigenvalue weighted by Gasteiger charge is -2.40. The van der Waals surface area contributed by atoms with E-state index in [9.17, 15) is 35.1 Å². The third kappa shape index (κ3) is 52.6. The Morgan fingerprint density at radius 2 is 0.744 bits per heavy atom. The number of carbonyl (C=O) groups excluding carboxylic acids is 2. The molecule has 1 aliphatic heterocycles.